The Morgan fingerprint density at radius 2 is 1.96 bits per heavy atom. The summed E-state index contributed by atoms with van der Waals surface area (Å²) < 4.78 is 0. The Morgan fingerprint density at radius 3 is 2.58 bits per heavy atom. The highest BCUT2D eigenvalue weighted by Crippen LogP contribution is 2.19. The summed E-state index contributed by atoms with van der Waals surface area (Å²) in [5.74, 6) is -0.999. The lowest BCUT2D eigenvalue weighted by atomic mass is 10.1. The number of aliphatic hydroxyl groups excluding tert-OH is 1. The van der Waals surface area contributed by atoms with Crippen molar-refractivity contribution in [2.75, 3.05) is 6.54 Å². The Bertz CT molecular complexity index is 605. The molecule has 1 saturated heterocycles. The molecule has 0 aliphatic carbocycles. The first-order valence-corrected chi connectivity index (χ1v) is 7.95. The molecule has 1 aliphatic heterocycles. The van der Waals surface area contributed by atoms with Crippen molar-refractivity contribution in [1.29, 1.82) is 0 Å². The maximum atomic E-state index is 12.4. The molecular weight excluding hydrogens is 310 g/mol. The number of benzene rings is 1. The summed E-state index contributed by atoms with van der Waals surface area (Å²) in [7, 11) is 0. The summed E-state index contributed by atoms with van der Waals surface area (Å²) >= 11 is 0. The highest BCUT2D eigenvalue weighted by atomic mass is 16.3. The minimum absolute atomic E-state index is 0.0895. The fourth-order valence-electron chi connectivity index (χ4n) is 2.82. The fourth-order valence-corrected chi connectivity index (χ4v) is 2.82. The number of carbonyl (C=O) groups excluding carboxylic acids is 3. The molecule has 7 heteroatoms. The van der Waals surface area contributed by atoms with E-state index in [1.165, 1.54) is 11.8 Å². The van der Waals surface area contributed by atoms with Crippen molar-refractivity contribution in [3.8, 4) is 0 Å². The van der Waals surface area contributed by atoms with Gasteiger partial charge in [0.05, 0.1) is 6.10 Å². The van der Waals surface area contributed by atoms with Gasteiger partial charge in [0.2, 0.25) is 17.7 Å². The van der Waals surface area contributed by atoms with E-state index in [1.54, 1.807) is 6.92 Å². The monoisotopic (exact) mass is 333 g/mol. The van der Waals surface area contributed by atoms with E-state index in [0.29, 0.717) is 6.54 Å². The third kappa shape index (κ3) is 4.55. The van der Waals surface area contributed by atoms with Gasteiger partial charge in [-0.3, -0.25) is 14.4 Å². The molecule has 0 radical (unpaired) electrons. The summed E-state index contributed by atoms with van der Waals surface area (Å²) in [5, 5.41) is 15.2. The fraction of sp³-hybridized carbons (Fsp3) is 0.471. The second-order valence-corrected chi connectivity index (χ2v) is 6.02. The van der Waals surface area contributed by atoms with Crippen LogP contribution >= 0.6 is 0 Å². The van der Waals surface area contributed by atoms with E-state index in [0.717, 1.165) is 5.56 Å². The van der Waals surface area contributed by atoms with Crippen LogP contribution in [0.15, 0.2) is 30.3 Å². The van der Waals surface area contributed by atoms with Gasteiger partial charge in [0.25, 0.3) is 0 Å². The summed E-state index contributed by atoms with van der Waals surface area (Å²) in [5.41, 5.74) is 0.953. The molecule has 3 atom stereocenters. The van der Waals surface area contributed by atoms with Gasteiger partial charge >= 0.3 is 0 Å². The van der Waals surface area contributed by atoms with E-state index in [9.17, 15) is 19.5 Å². The van der Waals surface area contributed by atoms with E-state index < -0.39 is 18.2 Å². The highest BCUT2D eigenvalue weighted by molar-refractivity contribution is 5.92. The van der Waals surface area contributed by atoms with Crippen molar-refractivity contribution in [3.63, 3.8) is 0 Å². The first-order chi connectivity index (χ1) is 11.4. The lowest BCUT2D eigenvalue weighted by molar-refractivity contribution is -0.141. The van der Waals surface area contributed by atoms with Gasteiger partial charge in [0, 0.05) is 26.4 Å². The highest BCUT2D eigenvalue weighted by Gasteiger charge is 2.40. The van der Waals surface area contributed by atoms with E-state index in [1.807, 2.05) is 30.3 Å². The molecule has 0 saturated carbocycles. The standard InChI is InChI=1S/C17H23N3O4/c1-11(19-12(2)21)17(24)20-10-14(22)8-15(20)16(23)18-9-13-6-4-3-5-7-13/h3-7,11,14-15,22H,8-10H2,1-2H3,(H,18,23)(H,19,21). The molecule has 1 heterocycles. The number of nitrogens with one attached hydrogen (secondary N) is 2. The number of hydrogen-bond acceptors (Lipinski definition) is 4. The normalized spacial score (nSPS) is 21.2. The molecule has 1 fully saturated rings. The molecule has 0 spiro atoms. The Labute approximate surface area is 141 Å². The molecule has 3 unspecified atom stereocenters. The second-order valence-electron chi connectivity index (χ2n) is 6.02. The molecule has 2 rings (SSSR count). The largest absolute Gasteiger partial charge is 0.391 e. The molecule has 0 aromatic heterocycles. The predicted octanol–water partition coefficient (Wildman–Crippen LogP) is -0.211. The zero-order chi connectivity index (χ0) is 17.7. The average molecular weight is 333 g/mol. The van der Waals surface area contributed by atoms with E-state index in [-0.39, 0.29) is 30.7 Å². The molecule has 130 valence electrons. The van der Waals surface area contributed by atoms with Crippen molar-refractivity contribution in [3.05, 3.63) is 35.9 Å². The summed E-state index contributed by atoms with van der Waals surface area (Å²) in [6.45, 7) is 3.34. The van der Waals surface area contributed by atoms with Gasteiger partial charge in [-0.2, -0.15) is 0 Å². The quantitative estimate of drug-likeness (QED) is 0.694. The Kier molecular flexibility index (Phi) is 5.92. The number of carbonyl (C=O) groups is 3. The zero-order valence-corrected chi connectivity index (χ0v) is 13.9. The van der Waals surface area contributed by atoms with Gasteiger partial charge in [-0.15, -0.1) is 0 Å². The molecule has 0 bridgehead atoms. The van der Waals surface area contributed by atoms with Gasteiger partial charge in [-0.05, 0) is 12.5 Å². The smallest absolute Gasteiger partial charge is 0.245 e. The van der Waals surface area contributed by atoms with Crippen LogP contribution in [0.4, 0.5) is 0 Å². The molecule has 1 aromatic rings. The third-order valence-corrected chi connectivity index (χ3v) is 3.96. The van der Waals surface area contributed by atoms with Crippen LogP contribution in [-0.2, 0) is 20.9 Å². The van der Waals surface area contributed by atoms with E-state index in [2.05, 4.69) is 10.6 Å². The Hall–Kier alpha value is -2.41. The Morgan fingerprint density at radius 1 is 1.29 bits per heavy atom. The van der Waals surface area contributed by atoms with Gasteiger partial charge in [0.15, 0.2) is 0 Å². The van der Waals surface area contributed by atoms with Gasteiger partial charge < -0.3 is 20.6 Å². The summed E-state index contributed by atoms with van der Waals surface area (Å²) in [6.07, 6.45) is -0.551. The molecule has 7 nitrogen and oxygen atoms in total. The minimum Gasteiger partial charge on any atom is -0.391 e. The molecule has 24 heavy (non-hydrogen) atoms. The van der Waals surface area contributed by atoms with Crippen molar-refractivity contribution in [1.82, 2.24) is 15.5 Å². The van der Waals surface area contributed by atoms with E-state index in [4.69, 9.17) is 0 Å². The lowest BCUT2D eigenvalue weighted by Crippen LogP contribution is -2.52. The van der Waals surface area contributed by atoms with Crippen molar-refractivity contribution in [2.45, 2.75) is 45.0 Å². The van der Waals surface area contributed by atoms with Gasteiger partial charge in [-0.1, -0.05) is 30.3 Å². The topological polar surface area (TPSA) is 98.7 Å². The molecule has 1 aliphatic rings. The number of hydrogen-bond donors (Lipinski definition) is 3. The van der Waals surface area contributed by atoms with Crippen LogP contribution in [0.5, 0.6) is 0 Å². The van der Waals surface area contributed by atoms with Crippen LogP contribution < -0.4 is 10.6 Å². The van der Waals surface area contributed by atoms with Crippen LogP contribution in [0, 0.1) is 0 Å². The molecule has 3 N–H and O–H groups in total. The Balaban J connectivity index is 1.99. The third-order valence-electron chi connectivity index (χ3n) is 3.96. The van der Waals surface area contributed by atoms with Crippen molar-refractivity contribution in [2.24, 2.45) is 0 Å². The number of likely N-dealkylation sites (tertiary alicyclic amines) is 1. The van der Waals surface area contributed by atoms with Gasteiger partial charge in [-0.25, -0.2) is 0 Å². The number of β-amino-alcohol motifs (C(OH)–C–C–N with tert-alkyl or cyclic N) is 1. The number of rotatable bonds is 5. The van der Waals surface area contributed by atoms with Crippen LogP contribution in [0.2, 0.25) is 0 Å². The molecule has 1 aromatic carbocycles. The van der Waals surface area contributed by atoms with Crippen molar-refractivity contribution >= 4 is 17.7 Å². The van der Waals surface area contributed by atoms with Gasteiger partial charge in [0.1, 0.15) is 12.1 Å². The predicted molar refractivity (Wildman–Crippen MR) is 87.7 cm³/mol. The first-order valence-electron chi connectivity index (χ1n) is 7.95. The lowest BCUT2D eigenvalue weighted by Gasteiger charge is -2.26. The summed E-state index contributed by atoms with van der Waals surface area (Å²) in [4.78, 5) is 37.3. The van der Waals surface area contributed by atoms with Crippen molar-refractivity contribution < 1.29 is 19.5 Å². The maximum Gasteiger partial charge on any atom is 0.245 e. The van der Waals surface area contributed by atoms with E-state index >= 15 is 0 Å². The zero-order valence-electron chi connectivity index (χ0n) is 13.9. The average Bonchev–Trinajstić information content (AvgIpc) is 2.94. The number of nitrogens with zero attached hydrogens (tertiary/aromatic N) is 1. The van der Waals surface area contributed by atoms with Crippen LogP contribution in [0.3, 0.4) is 0 Å². The van der Waals surface area contributed by atoms with Crippen LogP contribution in [0.25, 0.3) is 0 Å². The second kappa shape index (κ2) is 7.92. The SMILES string of the molecule is CC(=O)NC(C)C(=O)N1CC(O)CC1C(=O)NCc1ccccc1. The first kappa shape index (κ1) is 17.9. The van der Waals surface area contributed by atoms with Crippen LogP contribution in [0.1, 0.15) is 25.8 Å². The minimum atomic E-state index is -0.744. The van der Waals surface area contributed by atoms with Crippen LogP contribution in [-0.4, -0.2) is 52.5 Å². The molecular formula is C17H23N3O4. The maximum absolute atomic E-state index is 12.4. The molecule has 3 amide bonds. The summed E-state index contributed by atoms with van der Waals surface area (Å²) in [6, 6.07) is 7.97. The number of aliphatic hydroxyl groups is 1. The number of amides is 3.